The van der Waals surface area contributed by atoms with Crippen LogP contribution in [0.1, 0.15) is 5.56 Å². The summed E-state index contributed by atoms with van der Waals surface area (Å²) in [6, 6.07) is 58.2. The van der Waals surface area contributed by atoms with E-state index in [4.69, 9.17) is 0 Å². The standard InChI is InChI=1S/C43H26N4/c44-27-28-12-11-19-33-36-26-31(22-24-39(36)46(42(28)33)30-15-5-2-6-16-30)47-37-20-9-7-17-32(37)34-23-25-40-41(43(34)47)35-18-8-10-21-38(35)45(40)29-13-3-1-4-14-29/h1-26H. The van der Waals surface area contributed by atoms with E-state index in [0.717, 1.165) is 44.4 Å². The van der Waals surface area contributed by atoms with Crippen LogP contribution in [0.15, 0.2) is 158 Å². The maximum atomic E-state index is 10.2. The third-order valence-electron chi connectivity index (χ3n) is 9.65. The van der Waals surface area contributed by atoms with Crippen LogP contribution >= 0.6 is 0 Å². The Bertz CT molecular complexity index is 2900. The number of nitriles is 1. The molecule has 0 aliphatic carbocycles. The van der Waals surface area contributed by atoms with Crippen molar-refractivity contribution in [3.63, 3.8) is 0 Å². The van der Waals surface area contributed by atoms with Crippen LogP contribution in [0.3, 0.4) is 0 Å². The van der Waals surface area contributed by atoms with Gasteiger partial charge in [-0.2, -0.15) is 5.26 Å². The van der Waals surface area contributed by atoms with Gasteiger partial charge in [-0.3, -0.25) is 0 Å². The zero-order valence-electron chi connectivity index (χ0n) is 25.3. The highest BCUT2D eigenvalue weighted by Gasteiger charge is 2.22. The van der Waals surface area contributed by atoms with Crippen molar-refractivity contribution in [2.45, 2.75) is 0 Å². The van der Waals surface area contributed by atoms with E-state index in [1.807, 2.05) is 30.3 Å². The Morgan fingerprint density at radius 2 is 0.915 bits per heavy atom. The Labute approximate surface area is 270 Å². The molecule has 7 aromatic carbocycles. The van der Waals surface area contributed by atoms with Gasteiger partial charge in [-0.15, -0.1) is 0 Å². The van der Waals surface area contributed by atoms with Gasteiger partial charge in [0.15, 0.2) is 0 Å². The molecule has 0 saturated carbocycles. The smallest absolute Gasteiger partial charge is 0.101 e. The Morgan fingerprint density at radius 1 is 0.362 bits per heavy atom. The van der Waals surface area contributed by atoms with E-state index in [2.05, 4.69) is 147 Å². The second kappa shape index (κ2) is 9.71. The van der Waals surface area contributed by atoms with Crippen LogP contribution in [0, 0.1) is 11.3 Å². The molecule has 47 heavy (non-hydrogen) atoms. The van der Waals surface area contributed by atoms with E-state index in [-0.39, 0.29) is 0 Å². The summed E-state index contributed by atoms with van der Waals surface area (Å²) in [6.45, 7) is 0. The van der Waals surface area contributed by atoms with Crippen LogP contribution in [-0.2, 0) is 0 Å². The largest absolute Gasteiger partial charge is 0.309 e. The molecule has 0 aliphatic rings. The van der Waals surface area contributed by atoms with Crippen molar-refractivity contribution in [2.24, 2.45) is 0 Å². The Kier molecular flexibility index (Phi) is 5.32. The zero-order valence-corrected chi connectivity index (χ0v) is 25.3. The average Bonchev–Trinajstić information content (AvgIpc) is 3.78. The number of nitrogens with zero attached hydrogens (tertiary/aromatic N) is 4. The lowest BCUT2D eigenvalue weighted by Crippen LogP contribution is -1.97. The highest BCUT2D eigenvalue weighted by atomic mass is 15.0. The van der Waals surface area contributed by atoms with Gasteiger partial charge >= 0.3 is 0 Å². The molecule has 10 rings (SSSR count). The van der Waals surface area contributed by atoms with Gasteiger partial charge in [0, 0.05) is 49.4 Å². The first kappa shape index (κ1) is 25.7. The summed E-state index contributed by atoms with van der Waals surface area (Å²) in [7, 11) is 0. The number of aromatic nitrogens is 3. The van der Waals surface area contributed by atoms with Crippen molar-refractivity contribution in [1.29, 1.82) is 5.26 Å². The molecule has 0 bridgehead atoms. The molecule has 0 fully saturated rings. The Hall–Kier alpha value is -6.57. The molecule has 3 heterocycles. The van der Waals surface area contributed by atoms with E-state index >= 15 is 0 Å². The van der Waals surface area contributed by atoms with Crippen LogP contribution in [0.2, 0.25) is 0 Å². The van der Waals surface area contributed by atoms with Gasteiger partial charge in [0.2, 0.25) is 0 Å². The highest BCUT2D eigenvalue weighted by molar-refractivity contribution is 6.26. The van der Waals surface area contributed by atoms with E-state index in [9.17, 15) is 5.26 Å². The number of hydrogen-bond donors (Lipinski definition) is 0. The fraction of sp³-hybridized carbons (Fsp3) is 0. The van der Waals surface area contributed by atoms with Crippen molar-refractivity contribution in [3.05, 3.63) is 163 Å². The van der Waals surface area contributed by atoms with E-state index in [1.54, 1.807) is 0 Å². The molecule has 0 unspecified atom stereocenters. The number of hydrogen-bond acceptors (Lipinski definition) is 1. The van der Waals surface area contributed by atoms with Gasteiger partial charge < -0.3 is 13.7 Å². The van der Waals surface area contributed by atoms with E-state index < -0.39 is 0 Å². The molecule has 4 nitrogen and oxygen atoms in total. The Morgan fingerprint density at radius 3 is 1.66 bits per heavy atom. The molecule has 0 aliphatic heterocycles. The van der Waals surface area contributed by atoms with Crippen molar-refractivity contribution < 1.29 is 0 Å². The molecule has 0 atom stereocenters. The number of benzene rings is 7. The fourth-order valence-corrected chi connectivity index (χ4v) is 7.76. The predicted octanol–water partition coefficient (Wildman–Crippen LogP) is 10.8. The summed E-state index contributed by atoms with van der Waals surface area (Å²) in [4.78, 5) is 0. The zero-order chi connectivity index (χ0) is 31.1. The molecule has 0 spiro atoms. The first-order valence-electron chi connectivity index (χ1n) is 15.9. The SMILES string of the molecule is N#Cc1cccc2c3cc(-n4c5ccccc5c5ccc6c(c7ccccc7n6-c6ccccc6)c54)ccc3n(-c3ccccc3)c12. The summed E-state index contributed by atoms with van der Waals surface area (Å²) in [6.07, 6.45) is 0. The van der Waals surface area contributed by atoms with Crippen LogP contribution < -0.4 is 0 Å². The lowest BCUT2D eigenvalue weighted by Gasteiger charge is -2.11. The van der Waals surface area contributed by atoms with Crippen LogP contribution in [-0.4, -0.2) is 13.7 Å². The van der Waals surface area contributed by atoms with Crippen LogP contribution in [0.5, 0.6) is 0 Å². The second-order valence-corrected chi connectivity index (χ2v) is 12.1. The molecule has 0 N–H and O–H groups in total. The summed E-state index contributed by atoms with van der Waals surface area (Å²) < 4.78 is 7.05. The third kappa shape index (κ3) is 3.51. The summed E-state index contributed by atoms with van der Waals surface area (Å²) in [5.41, 5.74) is 10.7. The molecule has 218 valence electrons. The molecule has 4 heteroatoms. The maximum absolute atomic E-state index is 10.2. The van der Waals surface area contributed by atoms with Crippen LogP contribution in [0.4, 0.5) is 0 Å². The number of fused-ring (bicyclic) bond motifs is 10. The molecule has 0 amide bonds. The van der Waals surface area contributed by atoms with Crippen LogP contribution in [0.25, 0.3) is 82.5 Å². The van der Waals surface area contributed by atoms with Gasteiger partial charge in [-0.1, -0.05) is 91.0 Å². The lowest BCUT2D eigenvalue weighted by molar-refractivity contribution is 1.16. The first-order valence-corrected chi connectivity index (χ1v) is 15.9. The van der Waals surface area contributed by atoms with Crippen molar-refractivity contribution in [3.8, 4) is 23.1 Å². The predicted molar refractivity (Wildman–Crippen MR) is 194 cm³/mol. The summed E-state index contributed by atoms with van der Waals surface area (Å²) in [5, 5.41) is 17.3. The fourth-order valence-electron chi connectivity index (χ4n) is 7.76. The normalized spacial score (nSPS) is 11.8. The van der Waals surface area contributed by atoms with Gasteiger partial charge in [0.1, 0.15) is 6.07 Å². The molecular weight excluding hydrogens is 573 g/mol. The Balaban J connectivity index is 1.37. The molecule has 10 aromatic rings. The minimum Gasteiger partial charge on any atom is -0.309 e. The van der Waals surface area contributed by atoms with Gasteiger partial charge in [-0.25, -0.2) is 0 Å². The van der Waals surface area contributed by atoms with Gasteiger partial charge in [-0.05, 0) is 66.7 Å². The highest BCUT2D eigenvalue weighted by Crippen LogP contribution is 2.43. The number of para-hydroxylation sites is 5. The number of rotatable bonds is 3. The molecule has 0 saturated heterocycles. The minimum atomic E-state index is 0.663. The van der Waals surface area contributed by atoms with Crippen molar-refractivity contribution >= 4 is 65.4 Å². The topological polar surface area (TPSA) is 38.6 Å². The summed E-state index contributed by atoms with van der Waals surface area (Å²) in [5.74, 6) is 0. The van der Waals surface area contributed by atoms with Crippen molar-refractivity contribution in [1.82, 2.24) is 13.7 Å². The molecule has 3 aromatic heterocycles. The quantitative estimate of drug-likeness (QED) is 0.199. The minimum absolute atomic E-state index is 0.663. The van der Waals surface area contributed by atoms with Crippen molar-refractivity contribution in [2.75, 3.05) is 0 Å². The first-order chi connectivity index (χ1) is 23.3. The van der Waals surface area contributed by atoms with Gasteiger partial charge in [0.25, 0.3) is 0 Å². The third-order valence-corrected chi connectivity index (χ3v) is 9.65. The lowest BCUT2D eigenvalue weighted by atomic mass is 10.1. The maximum Gasteiger partial charge on any atom is 0.101 e. The van der Waals surface area contributed by atoms with E-state index in [0.29, 0.717) is 5.56 Å². The average molecular weight is 599 g/mol. The van der Waals surface area contributed by atoms with E-state index in [1.165, 1.54) is 38.1 Å². The van der Waals surface area contributed by atoms with Gasteiger partial charge in [0.05, 0.1) is 38.7 Å². The molecule has 0 radical (unpaired) electrons. The monoisotopic (exact) mass is 598 g/mol. The summed E-state index contributed by atoms with van der Waals surface area (Å²) >= 11 is 0. The second-order valence-electron chi connectivity index (χ2n) is 12.1. The molecular formula is C43H26N4.